The largest absolute Gasteiger partial charge is 0.487 e. The number of morpholine rings is 1. The van der Waals surface area contributed by atoms with Crippen LogP contribution in [0.5, 0.6) is 5.75 Å². The highest BCUT2D eigenvalue weighted by Crippen LogP contribution is 2.26. The summed E-state index contributed by atoms with van der Waals surface area (Å²) in [6, 6.07) is 17.3. The maximum absolute atomic E-state index is 14.1. The van der Waals surface area contributed by atoms with Gasteiger partial charge in [-0.05, 0) is 35.9 Å². The third-order valence-corrected chi connectivity index (χ3v) is 4.88. The van der Waals surface area contributed by atoms with E-state index in [-0.39, 0.29) is 0 Å². The second kappa shape index (κ2) is 9.11. The van der Waals surface area contributed by atoms with E-state index in [0.717, 1.165) is 29.6 Å². The second-order valence-corrected chi connectivity index (χ2v) is 7.02. The molecule has 4 rings (SSSR count). The van der Waals surface area contributed by atoms with Gasteiger partial charge >= 0.3 is 0 Å². The molecule has 1 aromatic heterocycles. The van der Waals surface area contributed by atoms with Gasteiger partial charge in [-0.15, -0.1) is 0 Å². The monoisotopic (exact) mass is 396 g/mol. The number of nitrogens with zero attached hydrogens (tertiary/aromatic N) is 2. The molecule has 1 fully saturated rings. The van der Waals surface area contributed by atoms with Crippen LogP contribution in [0.4, 0.5) is 8.78 Å². The highest BCUT2D eigenvalue weighted by molar-refractivity contribution is 5.29. The molecule has 29 heavy (non-hydrogen) atoms. The number of hydrogen-bond donors (Lipinski definition) is 0. The Bertz CT molecular complexity index is 953. The van der Waals surface area contributed by atoms with Gasteiger partial charge in [-0.2, -0.15) is 0 Å². The molecule has 1 aliphatic rings. The topological polar surface area (TPSA) is 34.6 Å². The van der Waals surface area contributed by atoms with Crippen LogP contribution in [0.3, 0.4) is 0 Å². The van der Waals surface area contributed by atoms with Crippen molar-refractivity contribution in [3.8, 4) is 5.75 Å². The zero-order valence-electron chi connectivity index (χ0n) is 15.9. The SMILES string of the molecule is Fc1ccc(C2CN(Cc3cccc(OCc4ccccn4)c3)CCO2)c(F)c1. The molecular weight excluding hydrogens is 374 g/mol. The maximum Gasteiger partial charge on any atom is 0.131 e. The van der Waals surface area contributed by atoms with E-state index in [4.69, 9.17) is 9.47 Å². The van der Waals surface area contributed by atoms with Gasteiger partial charge in [0.1, 0.15) is 24.0 Å². The van der Waals surface area contributed by atoms with Crippen molar-refractivity contribution in [2.24, 2.45) is 0 Å². The van der Waals surface area contributed by atoms with Crippen molar-refractivity contribution in [3.05, 3.63) is 95.3 Å². The summed E-state index contributed by atoms with van der Waals surface area (Å²) in [5.74, 6) is -0.370. The first kappa shape index (κ1) is 19.5. The number of ether oxygens (including phenoxy) is 2. The standard InChI is InChI=1S/C23H22F2N2O2/c24-18-7-8-21(22(25)13-18)23-15-27(10-11-28-23)14-17-4-3-6-20(12-17)29-16-19-5-1-2-9-26-19/h1-9,12-13,23H,10-11,14-16H2. The third-order valence-electron chi connectivity index (χ3n) is 4.88. The lowest BCUT2D eigenvalue weighted by atomic mass is 10.1. The van der Waals surface area contributed by atoms with Gasteiger partial charge in [-0.25, -0.2) is 8.78 Å². The smallest absolute Gasteiger partial charge is 0.131 e. The van der Waals surface area contributed by atoms with Crippen molar-refractivity contribution in [2.45, 2.75) is 19.3 Å². The maximum atomic E-state index is 14.1. The molecule has 0 amide bonds. The van der Waals surface area contributed by atoms with E-state index in [1.165, 1.54) is 12.1 Å². The molecule has 150 valence electrons. The molecule has 2 heterocycles. The molecule has 0 bridgehead atoms. The molecule has 0 spiro atoms. The molecule has 0 N–H and O–H groups in total. The lowest BCUT2D eigenvalue weighted by molar-refractivity contribution is -0.0345. The Balaban J connectivity index is 1.38. The minimum atomic E-state index is -0.582. The van der Waals surface area contributed by atoms with Crippen molar-refractivity contribution in [1.29, 1.82) is 0 Å². The van der Waals surface area contributed by atoms with Crippen LogP contribution < -0.4 is 4.74 Å². The number of rotatable bonds is 6. The Morgan fingerprint density at radius 1 is 1.07 bits per heavy atom. The van der Waals surface area contributed by atoms with Crippen LogP contribution in [-0.2, 0) is 17.9 Å². The highest BCUT2D eigenvalue weighted by Gasteiger charge is 2.24. The zero-order valence-corrected chi connectivity index (χ0v) is 15.9. The van der Waals surface area contributed by atoms with Crippen molar-refractivity contribution >= 4 is 0 Å². The van der Waals surface area contributed by atoms with Gasteiger partial charge in [-0.1, -0.05) is 24.3 Å². The summed E-state index contributed by atoms with van der Waals surface area (Å²) in [5.41, 5.74) is 2.36. The molecular formula is C23H22F2N2O2. The summed E-state index contributed by atoms with van der Waals surface area (Å²) >= 11 is 0. The molecule has 0 saturated carbocycles. The molecule has 1 saturated heterocycles. The van der Waals surface area contributed by atoms with E-state index in [9.17, 15) is 8.78 Å². The van der Waals surface area contributed by atoms with E-state index < -0.39 is 17.7 Å². The number of benzene rings is 2. The van der Waals surface area contributed by atoms with Gasteiger partial charge < -0.3 is 9.47 Å². The first-order valence-corrected chi connectivity index (χ1v) is 9.58. The van der Waals surface area contributed by atoms with Crippen LogP contribution in [0.15, 0.2) is 66.9 Å². The van der Waals surface area contributed by atoms with Gasteiger partial charge in [0.25, 0.3) is 0 Å². The van der Waals surface area contributed by atoms with E-state index in [0.29, 0.717) is 31.9 Å². The summed E-state index contributed by atoms with van der Waals surface area (Å²) in [6.45, 7) is 2.90. The van der Waals surface area contributed by atoms with Crippen LogP contribution in [0, 0.1) is 11.6 Å². The summed E-state index contributed by atoms with van der Waals surface area (Å²) in [4.78, 5) is 6.46. The molecule has 1 aliphatic heterocycles. The van der Waals surface area contributed by atoms with Crippen molar-refractivity contribution in [2.75, 3.05) is 19.7 Å². The minimum Gasteiger partial charge on any atom is -0.487 e. The average Bonchev–Trinajstić information content (AvgIpc) is 2.73. The molecule has 4 nitrogen and oxygen atoms in total. The lowest BCUT2D eigenvalue weighted by Gasteiger charge is -2.33. The highest BCUT2D eigenvalue weighted by atomic mass is 19.1. The Morgan fingerprint density at radius 3 is 2.83 bits per heavy atom. The summed E-state index contributed by atoms with van der Waals surface area (Å²) < 4.78 is 38.9. The van der Waals surface area contributed by atoms with Gasteiger partial charge in [0.15, 0.2) is 0 Å². The Hall–Kier alpha value is -2.83. The number of aromatic nitrogens is 1. The molecule has 2 aromatic carbocycles. The number of pyridine rings is 1. The predicted molar refractivity (Wildman–Crippen MR) is 105 cm³/mol. The quantitative estimate of drug-likeness (QED) is 0.614. The molecule has 6 heteroatoms. The first-order chi connectivity index (χ1) is 14.2. The summed E-state index contributed by atoms with van der Waals surface area (Å²) in [6.07, 6.45) is 1.33. The van der Waals surface area contributed by atoms with Crippen LogP contribution in [0.25, 0.3) is 0 Å². The van der Waals surface area contributed by atoms with Crippen LogP contribution >= 0.6 is 0 Å². The van der Waals surface area contributed by atoms with E-state index in [1.807, 2.05) is 42.5 Å². The summed E-state index contributed by atoms with van der Waals surface area (Å²) in [5, 5.41) is 0. The van der Waals surface area contributed by atoms with Crippen molar-refractivity contribution in [1.82, 2.24) is 9.88 Å². The van der Waals surface area contributed by atoms with Gasteiger partial charge in [0.2, 0.25) is 0 Å². The average molecular weight is 396 g/mol. The molecule has 3 aromatic rings. The van der Waals surface area contributed by atoms with Crippen molar-refractivity contribution < 1.29 is 18.3 Å². The fraction of sp³-hybridized carbons (Fsp3) is 0.261. The van der Waals surface area contributed by atoms with Crippen LogP contribution in [-0.4, -0.2) is 29.6 Å². The van der Waals surface area contributed by atoms with Crippen LogP contribution in [0.1, 0.15) is 22.9 Å². The van der Waals surface area contributed by atoms with Crippen LogP contribution in [0.2, 0.25) is 0 Å². The van der Waals surface area contributed by atoms with Gasteiger partial charge in [0, 0.05) is 37.5 Å². The molecule has 1 atom stereocenters. The Morgan fingerprint density at radius 2 is 2.00 bits per heavy atom. The Labute approximate surface area is 168 Å². The van der Waals surface area contributed by atoms with Gasteiger partial charge in [0.05, 0.1) is 18.4 Å². The van der Waals surface area contributed by atoms with E-state index in [1.54, 1.807) is 6.20 Å². The normalized spacial score (nSPS) is 17.2. The van der Waals surface area contributed by atoms with E-state index >= 15 is 0 Å². The third kappa shape index (κ3) is 5.16. The number of hydrogen-bond acceptors (Lipinski definition) is 4. The van der Waals surface area contributed by atoms with E-state index in [2.05, 4.69) is 9.88 Å². The Kier molecular flexibility index (Phi) is 6.12. The number of halogens is 2. The zero-order chi connectivity index (χ0) is 20.1. The fourth-order valence-electron chi connectivity index (χ4n) is 3.43. The lowest BCUT2D eigenvalue weighted by Crippen LogP contribution is -2.38. The minimum absolute atomic E-state index is 0.392. The molecule has 1 unspecified atom stereocenters. The fourth-order valence-corrected chi connectivity index (χ4v) is 3.43. The predicted octanol–water partition coefficient (Wildman–Crippen LogP) is 4.51. The second-order valence-electron chi connectivity index (χ2n) is 7.02. The van der Waals surface area contributed by atoms with Gasteiger partial charge in [-0.3, -0.25) is 9.88 Å². The molecule has 0 radical (unpaired) electrons. The van der Waals surface area contributed by atoms with Crippen molar-refractivity contribution in [3.63, 3.8) is 0 Å². The summed E-state index contributed by atoms with van der Waals surface area (Å²) in [7, 11) is 0. The molecule has 0 aliphatic carbocycles. The first-order valence-electron chi connectivity index (χ1n) is 9.58.